The first-order chi connectivity index (χ1) is 12.9. The van der Waals surface area contributed by atoms with Gasteiger partial charge in [-0.3, -0.25) is 4.57 Å². The van der Waals surface area contributed by atoms with E-state index in [2.05, 4.69) is 20.1 Å². The molecule has 1 aliphatic heterocycles. The van der Waals surface area contributed by atoms with Gasteiger partial charge in [-0.15, -0.1) is 0 Å². The van der Waals surface area contributed by atoms with Gasteiger partial charge in [0.15, 0.2) is 17.7 Å². The Morgan fingerprint density at radius 3 is 2.70 bits per heavy atom. The number of carboxylic acids is 1. The number of nitrogen functional groups attached to an aromatic ring is 1. The van der Waals surface area contributed by atoms with Crippen molar-refractivity contribution in [2.45, 2.75) is 24.5 Å². The SMILES string of the molecule is Nc1nc(-n2cc(C(=O)O)cn2)nc2c1ncn2[C@H]1O[C@H](CO)[C@@H](O)[C@H]1O. The monoisotopic (exact) mass is 377 g/mol. The summed E-state index contributed by atoms with van der Waals surface area (Å²) in [6.07, 6.45) is -0.985. The number of ether oxygens (including phenoxy) is 1. The lowest BCUT2D eigenvalue weighted by molar-refractivity contribution is -0.0511. The Bertz CT molecular complexity index is 1020. The standard InChI is InChI=1S/C14H15N7O6/c15-10-7-11(19-14(18-10)21-2-5(1-17-21)13(25)26)20(4-16-7)12-9(24)8(23)6(3-22)27-12/h1-2,4,6,8-9,12,22-24H,3H2,(H,25,26)(H2,15,18,19)/t6-,8-,9-,12+/m1/s1. The first-order valence-electron chi connectivity index (χ1n) is 7.81. The Morgan fingerprint density at radius 2 is 2.07 bits per heavy atom. The summed E-state index contributed by atoms with van der Waals surface area (Å²) < 4.78 is 7.96. The molecule has 1 aliphatic rings. The van der Waals surface area contributed by atoms with E-state index >= 15 is 0 Å². The van der Waals surface area contributed by atoms with E-state index < -0.39 is 37.1 Å². The molecule has 3 aromatic rings. The van der Waals surface area contributed by atoms with Gasteiger partial charge in [0.25, 0.3) is 5.95 Å². The molecule has 4 atom stereocenters. The number of aliphatic hydroxyl groups is 3. The summed E-state index contributed by atoms with van der Waals surface area (Å²) in [5.74, 6) is -1.17. The highest BCUT2D eigenvalue weighted by Crippen LogP contribution is 2.32. The summed E-state index contributed by atoms with van der Waals surface area (Å²) >= 11 is 0. The van der Waals surface area contributed by atoms with Gasteiger partial charge in [-0.25, -0.2) is 14.5 Å². The molecule has 0 spiro atoms. The van der Waals surface area contributed by atoms with Gasteiger partial charge in [-0.05, 0) is 0 Å². The number of hydrogen-bond donors (Lipinski definition) is 5. The molecule has 1 fully saturated rings. The molecule has 0 aliphatic carbocycles. The second-order valence-electron chi connectivity index (χ2n) is 5.94. The second-order valence-corrected chi connectivity index (χ2v) is 5.94. The fraction of sp³-hybridized carbons (Fsp3) is 0.357. The summed E-state index contributed by atoms with van der Waals surface area (Å²) in [5.41, 5.74) is 6.25. The van der Waals surface area contributed by atoms with Crippen molar-refractivity contribution in [3.05, 3.63) is 24.3 Å². The van der Waals surface area contributed by atoms with Gasteiger partial charge in [0.2, 0.25) is 0 Å². The van der Waals surface area contributed by atoms with Crippen molar-refractivity contribution in [2.24, 2.45) is 0 Å². The Labute approximate surface area is 150 Å². The Balaban J connectivity index is 1.80. The molecule has 4 rings (SSSR count). The molecule has 0 amide bonds. The Morgan fingerprint density at radius 1 is 1.30 bits per heavy atom. The fourth-order valence-electron chi connectivity index (χ4n) is 2.87. The van der Waals surface area contributed by atoms with Crippen LogP contribution in [0.5, 0.6) is 0 Å². The van der Waals surface area contributed by atoms with Crippen molar-refractivity contribution in [1.82, 2.24) is 29.3 Å². The van der Waals surface area contributed by atoms with Crippen LogP contribution in [-0.2, 0) is 4.74 Å². The average molecular weight is 377 g/mol. The molecule has 1 saturated heterocycles. The van der Waals surface area contributed by atoms with Crippen LogP contribution in [0.15, 0.2) is 18.7 Å². The van der Waals surface area contributed by atoms with Crippen LogP contribution < -0.4 is 5.73 Å². The van der Waals surface area contributed by atoms with E-state index in [1.807, 2.05) is 0 Å². The molecule has 0 unspecified atom stereocenters. The van der Waals surface area contributed by atoms with E-state index in [1.54, 1.807) is 0 Å². The molecule has 0 aromatic carbocycles. The molecule has 0 radical (unpaired) electrons. The third-order valence-corrected chi connectivity index (χ3v) is 4.26. The lowest BCUT2D eigenvalue weighted by Gasteiger charge is -2.16. The minimum absolute atomic E-state index is 0.00729. The third kappa shape index (κ3) is 2.69. The van der Waals surface area contributed by atoms with Gasteiger partial charge in [-0.1, -0.05) is 0 Å². The van der Waals surface area contributed by atoms with Gasteiger partial charge in [0.05, 0.1) is 24.7 Å². The number of nitrogens with two attached hydrogens (primary N) is 1. The molecule has 13 heteroatoms. The molecular formula is C14H15N7O6. The number of nitrogens with zero attached hydrogens (tertiary/aromatic N) is 6. The number of aromatic nitrogens is 6. The first-order valence-corrected chi connectivity index (χ1v) is 7.81. The minimum atomic E-state index is -1.33. The van der Waals surface area contributed by atoms with Gasteiger partial charge in [-0.2, -0.15) is 15.1 Å². The number of aliphatic hydroxyl groups excluding tert-OH is 3. The average Bonchev–Trinajstić information content (AvgIpc) is 3.34. The maximum Gasteiger partial charge on any atom is 0.338 e. The van der Waals surface area contributed by atoms with Crippen LogP contribution in [0.2, 0.25) is 0 Å². The van der Waals surface area contributed by atoms with Crippen LogP contribution in [0.4, 0.5) is 5.82 Å². The topological polar surface area (TPSA) is 195 Å². The van der Waals surface area contributed by atoms with Gasteiger partial charge >= 0.3 is 5.97 Å². The highest BCUT2D eigenvalue weighted by atomic mass is 16.6. The van der Waals surface area contributed by atoms with Crippen molar-refractivity contribution >= 4 is 23.0 Å². The predicted octanol–water partition coefficient (Wildman–Crippen LogP) is -2.10. The number of hydrogen-bond acceptors (Lipinski definition) is 10. The van der Waals surface area contributed by atoms with E-state index in [0.717, 1.165) is 10.9 Å². The van der Waals surface area contributed by atoms with E-state index in [1.165, 1.54) is 17.1 Å². The number of fused-ring (bicyclic) bond motifs is 1. The molecule has 27 heavy (non-hydrogen) atoms. The molecule has 0 bridgehead atoms. The van der Waals surface area contributed by atoms with Gasteiger partial charge in [0, 0.05) is 6.20 Å². The normalized spacial score (nSPS) is 25.3. The number of imidazole rings is 1. The molecule has 4 heterocycles. The number of carboxylic acid groups (broad SMARTS) is 1. The number of aromatic carboxylic acids is 1. The predicted molar refractivity (Wildman–Crippen MR) is 86.8 cm³/mol. The van der Waals surface area contributed by atoms with Crippen LogP contribution in [0.1, 0.15) is 16.6 Å². The Hall–Kier alpha value is -3.13. The van der Waals surface area contributed by atoms with Crippen molar-refractivity contribution in [1.29, 1.82) is 0 Å². The molecule has 142 valence electrons. The van der Waals surface area contributed by atoms with Crippen molar-refractivity contribution in [3.8, 4) is 5.95 Å². The molecule has 13 nitrogen and oxygen atoms in total. The zero-order valence-electron chi connectivity index (χ0n) is 13.6. The lowest BCUT2D eigenvalue weighted by atomic mass is 10.1. The second kappa shape index (κ2) is 6.24. The van der Waals surface area contributed by atoms with Crippen LogP contribution in [0.25, 0.3) is 17.1 Å². The van der Waals surface area contributed by atoms with E-state index in [0.29, 0.717) is 0 Å². The largest absolute Gasteiger partial charge is 0.478 e. The van der Waals surface area contributed by atoms with Crippen molar-refractivity contribution in [3.63, 3.8) is 0 Å². The maximum absolute atomic E-state index is 11.0. The van der Waals surface area contributed by atoms with E-state index in [4.69, 9.17) is 15.6 Å². The van der Waals surface area contributed by atoms with Crippen LogP contribution in [0, 0.1) is 0 Å². The zero-order chi connectivity index (χ0) is 19.3. The molecule has 0 saturated carbocycles. The quantitative estimate of drug-likeness (QED) is 0.334. The van der Waals surface area contributed by atoms with Crippen LogP contribution in [0.3, 0.4) is 0 Å². The number of rotatable bonds is 4. The summed E-state index contributed by atoms with van der Waals surface area (Å²) in [4.78, 5) is 23.4. The molecule has 3 aromatic heterocycles. The lowest BCUT2D eigenvalue weighted by Crippen LogP contribution is -2.33. The maximum atomic E-state index is 11.0. The Kier molecular flexibility index (Phi) is 4.00. The van der Waals surface area contributed by atoms with Crippen molar-refractivity contribution < 1.29 is 30.0 Å². The minimum Gasteiger partial charge on any atom is -0.478 e. The fourth-order valence-corrected chi connectivity index (χ4v) is 2.87. The first kappa shape index (κ1) is 17.3. The van der Waals surface area contributed by atoms with Gasteiger partial charge < -0.3 is 30.9 Å². The summed E-state index contributed by atoms with van der Waals surface area (Å²) in [5, 5.41) is 42.3. The van der Waals surface area contributed by atoms with Gasteiger partial charge in [0.1, 0.15) is 23.8 Å². The van der Waals surface area contributed by atoms with E-state index in [-0.39, 0.29) is 28.5 Å². The van der Waals surface area contributed by atoms with Crippen LogP contribution >= 0.6 is 0 Å². The molecular weight excluding hydrogens is 362 g/mol. The zero-order valence-corrected chi connectivity index (χ0v) is 13.6. The van der Waals surface area contributed by atoms with E-state index in [9.17, 15) is 20.1 Å². The highest BCUT2D eigenvalue weighted by molar-refractivity contribution is 5.87. The van der Waals surface area contributed by atoms with Crippen molar-refractivity contribution in [2.75, 3.05) is 12.3 Å². The van der Waals surface area contributed by atoms with Crippen LogP contribution in [-0.4, -0.2) is 80.6 Å². The summed E-state index contributed by atoms with van der Waals surface area (Å²) in [7, 11) is 0. The third-order valence-electron chi connectivity index (χ3n) is 4.26. The summed E-state index contributed by atoms with van der Waals surface area (Å²) in [6.45, 7) is -0.477. The number of carbonyl (C=O) groups is 1. The summed E-state index contributed by atoms with van der Waals surface area (Å²) in [6, 6.07) is 0. The molecule has 6 N–H and O–H groups in total. The smallest absolute Gasteiger partial charge is 0.338 e. The number of anilines is 1. The highest BCUT2D eigenvalue weighted by Gasteiger charge is 2.44.